The van der Waals surface area contributed by atoms with Crippen LogP contribution in [0.1, 0.15) is 10.4 Å². The molecule has 150 valence electrons. The van der Waals surface area contributed by atoms with E-state index in [0.717, 1.165) is 22.3 Å². The summed E-state index contributed by atoms with van der Waals surface area (Å²) in [4.78, 5) is 17.5. The van der Waals surface area contributed by atoms with E-state index in [2.05, 4.69) is 15.0 Å². The molecule has 0 bridgehead atoms. The molecule has 1 aromatic heterocycles. The van der Waals surface area contributed by atoms with E-state index < -0.39 is 10.0 Å². The monoisotopic (exact) mass is 431 g/mol. The van der Waals surface area contributed by atoms with Crippen molar-refractivity contribution >= 4 is 44.2 Å². The van der Waals surface area contributed by atoms with Crippen molar-refractivity contribution in [2.24, 2.45) is 0 Å². The van der Waals surface area contributed by atoms with Crippen molar-refractivity contribution in [2.45, 2.75) is 6.92 Å². The molecule has 1 heterocycles. The molecule has 0 aliphatic heterocycles. The van der Waals surface area contributed by atoms with Gasteiger partial charge >= 0.3 is 0 Å². The van der Waals surface area contributed by atoms with E-state index >= 15 is 0 Å². The molecule has 0 saturated heterocycles. The Kier molecular flexibility index (Phi) is 6.09. The number of amides is 1. The number of hydrogen-bond acceptors (Lipinski definition) is 5. The molecule has 29 heavy (non-hydrogen) atoms. The Morgan fingerprint density at radius 2 is 1.76 bits per heavy atom. The number of thiazole rings is 1. The normalized spacial score (nSPS) is 11.6. The molecule has 0 saturated carbocycles. The second-order valence-corrected chi connectivity index (χ2v) is 9.20. The van der Waals surface area contributed by atoms with Crippen LogP contribution in [-0.4, -0.2) is 25.6 Å². The highest BCUT2D eigenvalue weighted by atomic mass is 32.2. The maximum Gasteiger partial charge on any atom is 0.250 e. The quantitative estimate of drug-likeness (QED) is 0.570. The summed E-state index contributed by atoms with van der Waals surface area (Å²) in [5.74, 6) is -0.664. The molecule has 0 atom stereocenters. The fourth-order valence-electron chi connectivity index (χ4n) is 2.52. The van der Waals surface area contributed by atoms with E-state index in [4.69, 9.17) is 0 Å². The van der Waals surface area contributed by atoms with Gasteiger partial charge in [-0.25, -0.2) is 17.8 Å². The third-order valence-electron chi connectivity index (χ3n) is 3.79. The van der Waals surface area contributed by atoms with Crippen LogP contribution >= 0.6 is 11.3 Å². The lowest BCUT2D eigenvalue weighted by atomic mass is 10.1. The lowest BCUT2D eigenvalue weighted by Gasteiger charge is -2.03. The summed E-state index contributed by atoms with van der Waals surface area (Å²) >= 11 is 1.33. The summed E-state index contributed by atoms with van der Waals surface area (Å²) in [6.45, 7) is 1.88. The average Bonchev–Trinajstić information content (AvgIpc) is 3.00. The van der Waals surface area contributed by atoms with Crippen LogP contribution in [0.15, 0.2) is 54.6 Å². The maximum absolute atomic E-state index is 13.1. The molecule has 0 aliphatic carbocycles. The Labute approximate surface area is 172 Å². The number of anilines is 2. The number of sulfonamides is 1. The third-order valence-corrected chi connectivity index (χ3v) is 5.28. The number of nitrogens with one attached hydrogen (secondary N) is 2. The number of benzene rings is 2. The van der Waals surface area contributed by atoms with E-state index in [1.165, 1.54) is 29.5 Å². The highest BCUT2D eigenvalue weighted by molar-refractivity contribution is 7.92. The number of nitrogens with zero attached hydrogens (tertiary/aromatic N) is 1. The third kappa shape index (κ3) is 5.97. The van der Waals surface area contributed by atoms with Crippen LogP contribution in [0.25, 0.3) is 17.3 Å². The Bertz CT molecular complexity index is 1150. The number of aromatic nitrogens is 1. The average molecular weight is 432 g/mol. The van der Waals surface area contributed by atoms with E-state index in [1.54, 1.807) is 42.5 Å². The number of carbonyl (C=O) groups is 1. The molecule has 0 fully saturated rings. The molecule has 6 nitrogen and oxygen atoms in total. The van der Waals surface area contributed by atoms with Gasteiger partial charge in [-0.2, -0.15) is 0 Å². The standard InChI is InChI=1S/C20H18FN3O3S2/c1-13-19(15-6-8-16(21)9-7-15)23-20(28-13)22-18(25)12-5-14-3-10-17(11-4-14)24-29(2,26)27/h3-12,24H,1-2H3,(H,22,23,25). The minimum atomic E-state index is -3.33. The van der Waals surface area contributed by atoms with Crippen molar-refractivity contribution in [3.63, 3.8) is 0 Å². The van der Waals surface area contributed by atoms with Crippen LogP contribution in [0.3, 0.4) is 0 Å². The summed E-state index contributed by atoms with van der Waals surface area (Å²) in [6.07, 6.45) is 4.06. The minimum absolute atomic E-state index is 0.319. The summed E-state index contributed by atoms with van der Waals surface area (Å²) < 4.78 is 37.9. The summed E-state index contributed by atoms with van der Waals surface area (Å²) in [5.41, 5.74) is 2.66. The van der Waals surface area contributed by atoms with Crippen molar-refractivity contribution < 1.29 is 17.6 Å². The Morgan fingerprint density at radius 3 is 2.38 bits per heavy atom. The predicted molar refractivity (Wildman–Crippen MR) is 115 cm³/mol. The summed E-state index contributed by atoms with van der Waals surface area (Å²) in [6, 6.07) is 12.6. The van der Waals surface area contributed by atoms with Crippen LogP contribution in [0, 0.1) is 12.7 Å². The lowest BCUT2D eigenvalue weighted by molar-refractivity contribution is -0.111. The molecule has 0 aliphatic rings. The van der Waals surface area contributed by atoms with Gasteiger partial charge in [-0.15, -0.1) is 11.3 Å². The number of hydrogen-bond donors (Lipinski definition) is 2. The SMILES string of the molecule is Cc1sc(NC(=O)C=Cc2ccc(NS(C)(=O)=O)cc2)nc1-c1ccc(F)cc1. The molecular formula is C20H18FN3O3S2. The first kappa shape index (κ1) is 20.7. The van der Waals surface area contributed by atoms with Crippen LogP contribution < -0.4 is 10.0 Å². The first-order valence-corrected chi connectivity index (χ1v) is 11.2. The van der Waals surface area contributed by atoms with E-state index in [0.29, 0.717) is 16.5 Å². The van der Waals surface area contributed by atoms with Crippen molar-refractivity contribution in [1.29, 1.82) is 0 Å². The van der Waals surface area contributed by atoms with Gasteiger partial charge in [0.05, 0.1) is 11.9 Å². The molecule has 9 heteroatoms. The molecular weight excluding hydrogens is 413 g/mol. The second-order valence-electron chi connectivity index (χ2n) is 6.25. The fraction of sp³-hybridized carbons (Fsp3) is 0.100. The number of carbonyl (C=O) groups excluding carboxylic acids is 1. The highest BCUT2D eigenvalue weighted by Crippen LogP contribution is 2.30. The Morgan fingerprint density at radius 1 is 1.10 bits per heavy atom. The summed E-state index contributed by atoms with van der Waals surface area (Å²) in [7, 11) is -3.33. The van der Waals surface area contributed by atoms with Crippen molar-refractivity contribution in [2.75, 3.05) is 16.3 Å². The first-order valence-electron chi connectivity index (χ1n) is 8.50. The molecule has 0 radical (unpaired) electrons. The zero-order valence-electron chi connectivity index (χ0n) is 15.6. The molecule has 1 amide bonds. The molecule has 3 aromatic rings. The molecule has 2 N–H and O–H groups in total. The zero-order chi connectivity index (χ0) is 21.0. The molecule has 3 rings (SSSR count). The van der Waals surface area contributed by atoms with Gasteiger partial charge in [-0.1, -0.05) is 12.1 Å². The van der Waals surface area contributed by atoms with Gasteiger partial charge in [0.25, 0.3) is 0 Å². The van der Waals surface area contributed by atoms with Gasteiger partial charge in [-0.3, -0.25) is 14.8 Å². The van der Waals surface area contributed by atoms with Gasteiger partial charge in [0.1, 0.15) is 5.82 Å². The van der Waals surface area contributed by atoms with Crippen LogP contribution in [0.4, 0.5) is 15.2 Å². The van der Waals surface area contributed by atoms with Gasteiger partial charge in [0.2, 0.25) is 15.9 Å². The topological polar surface area (TPSA) is 88.2 Å². The van der Waals surface area contributed by atoms with Crippen molar-refractivity contribution in [1.82, 2.24) is 4.98 Å². The highest BCUT2D eigenvalue weighted by Gasteiger charge is 2.11. The van der Waals surface area contributed by atoms with Crippen molar-refractivity contribution in [3.8, 4) is 11.3 Å². The first-order chi connectivity index (χ1) is 13.7. The fourth-order valence-corrected chi connectivity index (χ4v) is 3.92. The predicted octanol–water partition coefficient (Wildman–Crippen LogP) is 4.28. The van der Waals surface area contributed by atoms with Gasteiger partial charge in [0, 0.05) is 22.2 Å². The van der Waals surface area contributed by atoms with Crippen molar-refractivity contribution in [3.05, 3.63) is 70.9 Å². The van der Waals surface area contributed by atoms with Crippen LogP contribution in [0.5, 0.6) is 0 Å². The minimum Gasteiger partial charge on any atom is -0.298 e. The van der Waals surface area contributed by atoms with E-state index in [-0.39, 0.29) is 11.7 Å². The van der Waals surface area contributed by atoms with Gasteiger partial charge in [-0.05, 0) is 55.0 Å². The Balaban J connectivity index is 1.65. The molecule has 0 spiro atoms. The second kappa shape index (κ2) is 8.54. The summed E-state index contributed by atoms with van der Waals surface area (Å²) in [5, 5.41) is 3.16. The van der Waals surface area contributed by atoms with E-state index in [1.807, 2.05) is 6.92 Å². The van der Waals surface area contributed by atoms with Gasteiger partial charge < -0.3 is 0 Å². The van der Waals surface area contributed by atoms with Crippen LogP contribution in [0.2, 0.25) is 0 Å². The largest absolute Gasteiger partial charge is 0.298 e. The maximum atomic E-state index is 13.1. The molecule has 2 aromatic carbocycles. The number of rotatable bonds is 6. The number of aryl methyl sites for hydroxylation is 1. The van der Waals surface area contributed by atoms with Gasteiger partial charge in [0.15, 0.2) is 5.13 Å². The smallest absolute Gasteiger partial charge is 0.250 e. The zero-order valence-corrected chi connectivity index (χ0v) is 17.3. The van der Waals surface area contributed by atoms with E-state index in [9.17, 15) is 17.6 Å². The van der Waals surface area contributed by atoms with Crippen LogP contribution in [-0.2, 0) is 14.8 Å². The number of halogens is 1. The Hall–Kier alpha value is -3.04. The molecule has 0 unspecified atom stereocenters. The lowest BCUT2D eigenvalue weighted by Crippen LogP contribution is -2.09.